The summed E-state index contributed by atoms with van der Waals surface area (Å²) in [6, 6.07) is 1.26. The van der Waals surface area contributed by atoms with E-state index < -0.39 is 0 Å². The van der Waals surface area contributed by atoms with Crippen molar-refractivity contribution < 1.29 is 9.53 Å². The van der Waals surface area contributed by atoms with E-state index in [-0.39, 0.29) is 11.9 Å². The number of methoxy groups -OCH3 is 1. The van der Waals surface area contributed by atoms with Crippen LogP contribution in [0.15, 0.2) is 0 Å². The van der Waals surface area contributed by atoms with E-state index in [0.717, 1.165) is 32.2 Å². The van der Waals surface area contributed by atoms with Gasteiger partial charge < -0.3 is 15.0 Å². The Morgan fingerprint density at radius 3 is 2.41 bits per heavy atom. The zero-order valence-electron chi connectivity index (χ0n) is 10.9. The summed E-state index contributed by atoms with van der Waals surface area (Å²) in [6.07, 6.45) is 5.44. The molecule has 2 aliphatic rings. The number of hydrogen-bond acceptors (Lipinski definition) is 4. The molecule has 17 heavy (non-hydrogen) atoms. The van der Waals surface area contributed by atoms with Gasteiger partial charge in [0.25, 0.3) is 0 Å². The van der Waals surface area contributed by atoms with Gasteiger partial charge in [-0.25, -0.2) is 0 Å². The summed E-state index contributed by atoms with van der Waals surface area (Å²) in [5.74, 6) is 0.119. The molecule has 0 bridgehead atoms. The SMILES string of the molecule is COC(=O)C1CCC(NC2CCN(C)C2)CC1. The largest absolute Gasteiger partial charge is 0.469 e. The first-order valence-electron chi connectivity index (χ1n) is 6.71. The quantitative estimate of drug-likeness (QED) is 0.748. The molecule has 0 aromatic carbocycles. The molecule has 4 nitrogen and oxygen atoms in total. The maximum absolute atomic E-state index is 11.4. The van der Waals surface area contributed by atoms with E-state index in [1.165, 1.54) is 20.1 Å². The van der Waals surface area contributed by atoms with Gasteiger partial charge in [0, 0.05) is 18.6 Å². The van der Waals surface area contributed by atoms with Crippen LogP contribution in [0.25, 0.3) is 0 Å². The summed E-state index contributed by atoms with van der Waals surface area (Å²) in [4.78, 5) is 13.8. The zero-order valence-corrected chi connectivity index (χ0v) is 10.9. The van der Waals surface area contributed by atoms with Crippen LogP contribution >= 0.6 is 0 Å². The highest BCUT2D eigenvalue weighted by atomic mass is 16.5. The van der Waals surface area contributed by atoms with Crippen molar-refractivity contribution in [1.82, 2.24) is 10.2 Å². The Bertz CT molecular complexity index is 262. The fourth-order valence-electron chi connectivity index (χ4n) is 3.07. The summed E-state index contributed by atoms with van der Waals surface area (Å²) in [5, 5.41) is 3.73. The second-order valence-electron chi connectivity index (χ2n) is 5.49. The van der Waals surface area contributed by atoms with E-state index >= 15 is 0 Å². The highest BCUT2D eigenvalue weighted by Crippen LogP contribution is 2.26. The predicted octanol–water partition coefficient (Wildman–Crippen LogP) is 1.01. The molecular weight excluding hydrogens is 216 g/mol. The number of hydrogen-bond donors (Lipinski definition) is 1. The first-order valence-corrected chi connectivity index (χ1v) is 6.71. The van der Waals surface area contributed by atoms with Crippen LogP contribution in [-0.4, -0.2) is 50.2 Å². The molecule has 0 aromatic rings. The number of esters is 1. The van der Waals surface area contributed by atoms with Crippen LogP contribution < -0.4 is 5.32 Å². The molecule has 1 N–H and O–H groups in total. The normalized spacial score (nSPS) is 34.8. The van der Waals surface area contributed by atoms with Gasteiger partial charge in [-0.15, -0.1) is 0 Å². The first-order chi connectivity index (χ1) is 8.19. The lowest BCUT2D eigenvalue weighted by Gasteiger charge is -2.29. The maximum atomic E-state index is 11.4. The second-order valence-corrected chi connectivity index (χ2v) is 5.49. The fraction of sp³-hybridized carbons (Fsp3) is 0.923. The Balaban J connectivity index is 1.70. The highest BCUT2D eigenvalue weighted by molar-refractivity contribution is 5.72. The van der Waals surface area contributed by atoms with Crippen LogP contribution in [0.2, 0.25) is 0 Å². The third kappa shape index (κ3) is 3.42. The molecule has 1 unspecified atom stereocenters. The molecule has 1 saturated heterocycles. The standard InChI is InChI=1S/C13H24N2O2/c1-15-8-7-12(9-15)14-11-5-3-10(4-6-11)13(16)17-2/h10-12,14H,3-9H2,1-2H3. The van der Waals surface area contributed by atoms with Gasteiger partial charge in [0.05, 0.1) is 13.0 Å². The summed E-state index contributed by atoms with van der Waals surface area (Å²) >= 11 is 0. The average Bonchev–Trinajstić information content (AvgIpc) is 2.75. The average molecular weight is 240 g/mol. The van der Waals surface area contributed by atoms with Gasteiger partial charge in [-0.2, -0.15) is 0 Å². The van der Waals surface area contributed by atoms with Crippen LogP contribution in [0.1, 0.15) is 32.1 Å². The van der Waals surface area contributed by atoms with Crippen molar-refractivity contribution in [2.75, 3.05) is 27.2 Å². The monoisotopic (exact) mass is 240 g/mol. The van der Waals surface area contributed by atoms with Crippen molar-refractivity contribution in [2.45, 2.75) is 44.2 Å². The Labute approximate surface area is 104 Å². The van der Waals surface area contributed by atoms with Gasteiger partial charge in [-0.05, 0) is 45.7 Å². The zero-order chi connectivity index (χ0) is 12.3. The van der Waals surface area contributed by atoms with Gasteiger partial charge in [0.2, 0.25) is 0 Å². The number of carbonyl (C=O) groups is 1. The van der Waals surface area contributed by atoms with Gasteiger partial charge in [-0.1, -0.05) is 0 Å². The fourth-order valence-corrected chi connectivity index (χ4v) is 3.07. The second kappa shape index (κ2) is 5.83. The van der Waals surface area contributed by atoms with Crippen molar-refractivity contribution in [1.29, 1.82) is 0 Å². The number of nitrogens with zero attached hydrogens (tertiary/aromatic N) is 1. The van der Waals surface area contributed by atoms with E-state index in [4.69, 9.17) is 4.74 Å². The van der Waals surface area contributed by atoms with E-state index in [9.17, 15) is 4.79 Å². The summed E-state index contributed by atoms with van der Waals surface area (Å²) in [5.41, 5.74) is 0. The lowest BCUT2D eigenvalue weighted by molar-refractivity contribution is -0.146. The molecular formula is C13H24N2O2. The third-order valence-corrected chi connectivity index (χ3v) is 4.12. The molecule has 1 heterocycles. The van der Waals surface area contributed by atoms with Gasteiger partial charge in [0.15, 0.2) is 0 Å². The first kappa shape index (κ1) is 12.8. The molecule has 0 amide bonds. The minimum absolute atomic E-state index is 0.0240. The molecule has 1 aliphatic heterocycles. The smallest absolute Gasteiger partial charge is 0.308 e. The van der Waals surface area contributed by atoms with Crippen molar-refractivity contribution in [2.24, 2.45) is 5.92 Å². The van der Waals surface area contributed by atoms with Crippen molar-refractivity contribution in [3.63, 3.8) is 0 Å². The van der Waals surface area contributed by atoms with E-state index in [1.54, 1.807) is 0 Å². The van der Waals surface area contributed by atoms with Crippen LogP contribution in [-0.2, 0) is 9.53 Å². The van der Waals surface area contributed by atoms with Gasteiger partial charge in [-0.3, -0.25) is 4.79 Å². The minimum atomic E-state index is -0.0240. The molecule has 4 heteroatoms. The van der Waals surface area contributed by atoms with Crippen molar-refractivity contribution >= 4 is 5.97 Å². The number of rotatable bonds is 3. The molecule has 0 spiro atoms. The molecule has 1 aliphatic carbocycles. The van der Waals surface area contributed by atoms with Crippen LogP contribution in [0.5, 0.6) is 0 Å². The van der Waals surface area contributed by atoms with Crippen LogP contribution in [0.3, 0.4) is 0 Å². The number of ether oxygens (including phenoxy) is 1. The highest BCUT2D eigenvalue weighted by Gasteiger charge is 2.29. The summed E-state index contributed by atoms with van der Waals surface area (Å²) in [7, 11) is 3.66. The number of likely N-dealkylation sites (tertiary alicyclic amines) is 1. The minimum Gasteiger partial charge on any atom is -0.469 e. The lowest BCUT2D eigenvalue weighted by atomic mass is 9.86. The van der Waals surface area contributed by atoms with Crippen LogP contribution in [0, 0.1) is 5.92 Å². The Morgan fingerprint density at radius 1 is 1.18 bits per heavy atom. The van der Waals surface area contributed by atoms with E-state index in [2.05, 4.69) is 17.3 Å². The van der Waals surface area contributed by atoms with Crippen molar-refractivity contribution in [3.8, 4) is 0 Å². The topological polar surface area (TPSA) is 41.6 Å². The Hall–Kier alpha value is -0.610. The van der Waals surface area contributed by atoms with Crippen molar-refractivity contribution in [3.05, 3.63) is 0 Å². The van der Waals surface area contributed by atoms with Gasteiger partial charge in [0.1, 0.15) is 0 Å². The molecule has 0 aromatic heterocycles. The predicted molar refractivity (Wildman–Crippen MR) is 66.8 cm³/mol. The van der Waals surface area contributed by atoms with Crippen LogP contribution in [0.4, 0.5) is 0 Å². The van der Waals surface area contributed by atoms with Gasteiger partial charge >= 0.3 is 5.97 Å². The molecule has 98 valence electrons. The number of carbonyl (C=O) groups excluding carboxylic acids is 1. The molecule has 0 radical (unpaired) electrons. The maximum Gasteiger partial charge on any atom is 0.308 e. The molecule has 1 saturated carbocycles. The molecule has 1 atom stereocenters. The van der Waals surface area contributed by atoms with E-state index in [1.807, 2.05) is 0 Å². The summed E-state index contributed by atoms with van der Waals surface area (Å²) < 4.78 is 4.81. The van der Waals surface area contributed by atoms with E-state index in [0.29, 0.717) is 12.1 Å². The third-order valence-electron chi connectivity index (χ3n) is 4.12. The summed E-state index contributed by atoms with van der Waals surface area (Å²) in [6.45, 7) is 2.37. The lowest BCUT2D eigenvalue weighted by Crippen LogP contribution is -2.42. The molecule has 2 rings (SSSR count). The Kier molecular flexibility index (Phi) is 4.40. The number of nitrogens with one attached hydrogen (secondary N) is 1. The molecule has 2 fully saturated rings. The number of likely N-dealkylation sites (N-methyl/N-ethyl adjacent to an activating group) is 1. The Morgan fingerprint density at radius 2 is 1.88 bits per heavy atom.